The molecule has 0 N–H and O–H groups in total. The summed E-state index contributed by atoms with van der Waals surface area (Å²) in [5, 5.41) is 0. The molecule has 0 saturated carbocycles. The van der Waals surface area contributed by atoms with E-state index in [0.29, 0.717) is 26.2 Å². The summed E-state index contributed by atoms with van der Waals surface area (Å²) < 4.78 is 30.9. The van der Waals surface area contributed by atoms with Crippen LogP contribution in [0.4, 0.5) is 0 Å². The van der Waals surface area contributed by atoms with Gasteiger partial charge in [-0.15, -0.1) is 0 Å². The van der Waals surface area contributed by atoms with E-state index in [4.69, 9.17) is 4.74 Å². The lowest BCUT2D eigenvalue weighted by atomic mass is 10.4. The highest BCUT2D eigenvalue weighted by molar-refractivity contribution is 7.86. The van der Waals surface area contributed by atoms with Gasteiger partial charge in [0.05, 0.1) is 6.61 Å². The SMILES string of the molecule is COCCN1CCCN(C)S1(=O)=O. The van der Waals surface area contributed by atoms with Crippen molar-refractivity contribution in [3.8, 4) is 0 Å². The van der Waals surface area contributed by atoms with Gasteiger partial charge < -0.3 is 4.74 Å². The molecule has 0 radical (unpaired) electrons. The number of hydrogen-bond acceptors (Lipinski definition) is 3. The summed E-state index contributed by atoms with van der Waals surface area (Å²) in [6.07, 6.45) is 0.888. The molecule has 0 aromatic heterocycles. The lowest BCUT2D eigenvalue weighted by Crippen LogP contribution is -2.48. The van der Waals surface area contributed by atoms with Gasteiger partial charge in [0, 0.05) is 33.8 Å². The van der Waals surface area contributed by atoms with Crippen LogP contribution in [0.5, 0.6) is 0 Å². The highest BCUT2D eigenvalue weighted by Gasteiger charge is 2.29. The Labute approximate surface area is 79.5 Å². The number of hydrogen-bond donors (Lipinski definition) is 0. The van der Waals surface area contributed by atoms with E-state index < -0.39 is 10.2 Å². The Balaban J connectivity index is 2.62. The van der Waals surface area contributed by atoms with Crippen LogP contribution in [0.2, 0.25) is 0 Å². The van der Waals surface area contributed by atoms with Crippen molar-refractivity contribution < 1.29 is 13.2 Å². The molecular weight excluding hydrogens is 192 g/mol. The molecule has 0 bridgehead atoms. The van der Waals surface area contributed by atoms with Crippen LogP contribution in [0.1, 0.15) is 6.42 Å². The smallest absolute Gasteiger partial charge is 0.281 e. The van der Waals surface area contributed by atoms with Crippen LogP contribution < -0.4 is 0 Å². The molecule has 0 spiro atoms. The van der Waals surface area contributed by atoms with E-state index in [-0.39, 0.29) is 0 Å². The van der Waals surface area contributed by atoms with Crippen LogP contribution in [0, 0.1) is 0 Å². The predicted molar refractivity (Wildman–Crippen MR) is 49.6 cm³/mol. The topological polar surface area (TPSA) is 49.9 Å². The van der Waals surface area contributed by atoms with Gasteiger partial charge in [-0.3, -0.25) is 0 Å². The van der Waals surface area contributed by atoms with Gasteiger partial charge in [-0.25, -0.2) is 0 Å². The molecule has 78 valence electrons. The minimum Gasteiger partial charge on any atom is -0.383 e. The second-order valence-electron chi connectivity index (χ2n) is 3.07. The van der Waals surface area contributed by atoms with E-state index in [9.17, 15) is 8.42 Å². The van der Waals surface area contributed by atoms with E-state index >= 15 is 0 Å². The average molecular weight is 208 g/mol. The number of rotatable bonds is 3. The fourth-order valence-corrected chi connectivity index (χ4v) is 2.74. The van der Waals surface area contributed by atoms with E-state index in [1.165, 1.54) is 8.61 Å². The quantitative estimate of drug-likeness (QED) is 0.629. The van der Waals surface area contributed by atoms with Crippen LogP contribution >= 0.6 is 0 Å². The fraction of sp³-hybridized carbons (Fsp3) is 1.00. The van der Waals surface area contributed by atoms with Crippen LogP contribution in [0.3, 0.4) is 0 Å². The minimum atomic E-state index is -3.19. The second kappa shape index (κ2) is 4.36. The van der Waals surface area contributed by atoms with Gasteiger partial charge in [-0.1, -0.05) is 0 Å². The first-order chi connectivity index (χ1) is 6.09. The molecule has 1 heterocycles. The molecule has 1 aliphatic rings. The van der Waals surface area contributed by atoms with E-state index in [2.05, 4.69) is 0 Å². The molecule has 0 unspecified atom stereocenters. The number of ether oxygens (including phenoxy) is 1. The van der Waals surface area contributed by atoms with Crippen molar-refractivity contribution in [2.45, 2.75) is 6.42 Å². The summed E-state index contributed by atoms with van der Waals surface area (Å²) in [6.45, 7) is 2.12. The first-order valence-electron chi connectivity index (χ1n) is 4.29. The van der Waals surface area contributed by atoms with Crippen LogP contribution in [-0.2, 0) is 14.9 Å². The molecule has 0 aliphatic carbocycles. The summed E-state index contributed by atoms with van der Waals surface area (Å²) in [5.41, 5.74) is 0. The first-order valence-corrected chi connectivity index (χ1v) is 5.69. The molecule has 13 heavy (non-hydrogen) atoms. The molecule has 0 amide bonds. The summed E-state index contributed by atoms with van der Waals surface area (Å²) in [7, 11) is -0.0126. The maximum Gasteiger partial charge on any atom is 0.281 e. The van der Waals surface area contributed by atoms with Crippen molar-refractivity contribution in [1.82, 2.24) is 8.61 Å². The summed E-state index contributed by atoms with van der Waals surface area (Å²) in [6, 6.07) is 0. The van der Waals surface area contributed by atoms with Gasteiger partial charge in [-0.2, -0.15) is 17.0 Å². The zero-order valence-corrected chi connectivity index (χ0v) is 8.88. The normalized spacial score (nSPS) is 24.8. The van der Waals surface area contributed by atoms with Gasteiger partial charge in [0.1, 0.15) is 0 Å². The third-order valence-electron chi connectivity index (χ3n) is 2.15. The summed E-state index contributed by atoms with van der Waals surface area (Å²) in [4.78, 5) is 0. The first kappa shape index (κ1) is 10.9. The number of methoxy groups -OCH3 is 1. The Morgan fingerprint density at radius 2 is 2.08 bits per heavy atom. The average Bonchev–Trinajstić information content (AvgIpc) is 2.08. The Hall–Kier alpha value is -0.170. The van der Waals surface area contributed by atoms with Gasteiger partial charge in [-0.05, 0) is 6.42 Å². The monoisotopic (exact) mass is 208 g/mol. The van der Waals surface area contributed by atoms with Gasteiger partial charge in [0.2, 0.25) is 0 Å². The van der Waals surface area contributed by atoms with Crippen molar-refractivity contribution in [1.29, 1.82) is 0 Å². The maximum atomic E-state index is 11.6. The van der Waals surface area contributed by atoms with E-state index in [1.807, 2.05) is 0 Å². The van der Waals surface area contributed by atoms with Crippen LogP contribution in [0.25, 0.3) is 0 Å². The van der Waals surface area contributed by atoms with E-state index in [1.54, 1.807) is 14.2 Å². The fourth-order valence-electron chi connectivity index (χ4n) is 1.32. The lowest BCUT2D eigenvalue weighted by molar-refractivity contribution is 0.170. The lowest BCUT2D eigenvalue weighted by Gasteiger charge is -2.32. The molecule has 5 nitrogen and oxygen atoms in total. The van der Waals surface area contributed by atoms with Gasteiger partial charge in [0.15, 0.2) is 0 Å². The highest BCUT2D eigenvalue weighted by atomic mass is 32.2. The minimum absolute atomic E-state index is 0.448. The van der Waals surface area contributed by atoms with Crippen molar-refractivity contribution in [3.05, 3.63) is 0 Å². The molecule has 1 saturated heterocycles. The molecule has 0 atom stereocenters. The summed E-state index contributed by atoms with van der Waals surface area (Å²) in [5.74, 6) is 0. The van der Waals surface area contributed by atoms with Gasteiger partial charge >= 0.3 is 0 Å². The van der Waals surface area contributed by atoms with Crippen molar-refractivity contribution in [2.24, 2.45) is 0 Å². The standard InChI is InChI=1S/C7H16N2O3S/c1-8-4-3-5-9(6-7-12-2)13(8,10)11/h3-7H2,1-2H3. The molecule has 6 heteroatoms. The van der Waals surface area contributed by atoms with Crippen molar-refractivity contribution in [3.63, 3.8) is 0 Å². The highest BCUT2D eigenvalue weighted by Crippen LogP contribution is 2.12. The van der Waals surface area contributed by atoms with E-state index in [0.717, 1.165) is 6.42 Å². The second-order valence-corrected chi connectivity index (χ2v) is 5.11. The maximum absolute atomic E-state index is 11.6. The Bertz CT molecular complexity index is 252. The third kappa shape index (κ3) is 2.40. The molecule has 0 aromatic carbocycles. The van der Waals surface area contributed by atoms with Crippen LogP contribution in [-0.4, -0.2) is 57.4 Å². The Kier molecular flexibility index (Phi) is 3.66. The molecule has 0 aromatic rings. The predicted octanol–water partition coefficient (Wildman–Crippen LogP) is -0.485. The largest absolute Gasteiger partial charge is 0.383 e. The molecule has 1 fully saturated rings. The molecule has 1 rings (SSSR count). The molecule has 1 aliphatic heterocycles. The third-order valence-corrected chi connectivity index (χ3v) is 4.13. The number of nitrogens with zero attached hydrogens (tertiary/aromatic N) is 2. The van der Waals surface area contributed by atoms with Crippen molar-refractivity contribution in [2.75, 3.05) is 40.4 Å². The molecular formula is C7H16N2O3S. The Morgan fingerprint density at radius 3 is 2.69 bits per heavy atom. The Morgan fingerprint density at radius 1 is 1.38 bits per heavy atom. The zero-order valence-electron chi connectivity index (χ0n) is 8.06. The van der Waals surface area contributed by atoms with Crippen LogP contribution in [0.15, 0.2) is 0 Å². The van der Waals surface area contributed by atoms with Crippen molar-refractivity contribution >= 4 is 10.2 Å². The van der Waals surface area contributed by atoms with Gasteiger partial charge in [0.25, 0.3) is 10.2 Å². The zero-order chi connectivity index (χ0) is 9.90. The summed E-state index contributed by atoms with van der Waals surface area (Å²) >= 11 is 0.